The number of likely N-dealkylation sites (N-methyl/N-ethyl adjacent to an activating group) is 1. The molecule has 0 unspecified atom stereocenters. The fourth-order valence-corrected chi connectivity index (χ4v) is 4.44. The number of rotatable bonds is 6. The molecule has 0 spiro atoms. The van der Waals surface area contributed by atoms with E-state index in [0.29, 0.717) is 28.7 Å². The van der Waals surface area contributed by atoms with Crippen molar-refractivity contribution in [2.45, 2.75) is 27.7 Å². The molecule has 0 aliphatic rings. The Kier molecular flexibility index (Phi) is 6.12. The first-order valence-corrected chi connectivity index (χ1v) is 10.1. The SMILES string of the molecule is CCN(CC(=O)Nc1ccc(OC)cc1)C(=O)c1sc2nc(C)nc(C)c2c1C. The van der Waals surface area contributed by atoms with Crippen molar-refractivity contribution < 1.29 is 14.3 Å². The zero-order valence-corrected chi connectivity index (χ0v) is 18.0. The van der Waals surface area contributed by atoms with Crippen LogP contribution in [-0.4, -0.2) is 46.9 Å². The standard InChI is InChI=1S/C21H24N4O3S/c1-6-25(11-17(26)24-15-7-9-16(28-5)10-8-15)21(27)19-12(2)18-13(3)22-14(4)23-20(18)29-19/h7-10H,6,11H2,1-5H3,(H,24,26). The molecule has 0 fully saturated rings. The zero-order chi connectivity index (χ0) is 21.1. The van der Waals surface area contributed by atoms with Gasteiger partial charge in [-0.25, -0.2) is 9.97 Å². The van der Waals surface area contributed by atoms with Gasteiger partial charge < -0.3 is 15.0 Å². The summed E-state index contributed by atoms with van der Waals surface area (Å²) in [6.45, 7) is 7.92. The van der Waals surface area contributed by atoms with Gasteiger partial charge in [-0.05, 0) is 57.5 Å². The Bertz CT molecular complexity index is 1060. The lowest BCUT2D eigenvalue weighted by molar-refractivity contribution is -0.116. The predicted molar refractivity (Wildman–Crippen MR) is 115 cm³/mol. The molecule has 3 rings (SSSR count). The summed E-state index contributed by atoms with van der Waals surface area (Å²) in [6.07, 6.45) is 0. The number of nitrogens with one attached hydrogen (secondary N) is 1. The van der Waals surface area contributed by atoms with E-state index < -0.39 is 0 Å². The first-order valence-electron chi connectivity index (χ1n) is 9.31. The largest absolute Gasteiger partial charge is 0.497 e. The number of anilines is 1. The van der Waals surface area contributed by atoms with Gasteiger partial charge in [0.05, 0.1) is 12.0 Å². The first-order chi connectivity index (χ1) is 13.8. The molecule has 0 atom stereocenters. The number of hydrogen-bond acceptors (Lipinski definition) is 6. The molecular weight excluding hydrogens is 388 g/mol. The summed E-state index contributed by atoms with van der Waals surface area (Å²) < 4.78 is 5.11. The molecule has 2 amide bonds. The van der Waals surface area contributed by atoms with Crippen LogP contribution in [0.25, 0.3) is 10.2 Å². The van der Waals surface area contributed by atoms with Crippen molar-refractivity contribution in [1.82, 2.24) is 14.9 Å². The second-order valence-electron chi connectivity index (χ2n) is 6.69. The number of methoxy groups -OCH3 is 1. The van der Waals surface area contributed by atoms with E-state index in [1.165, 1.54) is 16.2 Å². The molecule has 8 heteroatoms. The molecule has 0 aliphatic heterocycles. The molecule has 1 N–H and O–H groups in total. The third kappa shape index (κ3) is 4.37. The van der Waals surface area contributed by atoms with Crippen LogP contribution in [0.15, 0.2) is 24.3 Å². The van der Waals surface area contributed by atoms with Crippen LogP contribution in [0.5, 0.6) is 5.75 Å². The predicted octanol–water partition coefficient (Wildman–Crippen LogP) is 3.73. The topological polar surface area (TPSA) is 84.4 Å². The van der Waals surface area contributed by atoms with Crippen molar-refractivity contribution in [3.8, 4) is 5.75 Å². The lowest BCUT2D eigenvalue weighted by Crippen LogP contribution is -2.37. The van der Waals surface area contributed by atoms with Gasteiger partial charge in [-0.2, -0.15) is 0 Å². The monoisotopic (exact) mass is 412 g/mol. The second-order valence-corrected chi connectivity index (χ2v) is 7.69. The number of thiophene rings is 1. The normalized spacial score (nSPS) is 10.8. The molecule has 3 aromatic rings. The van der Waals surface area contributed by atoms with Crippen LogP contribution in [0.3, 0.4) is 0 Å². The molecule has 0 saturated heterocycles. The zero-order valence-electron chi connectivity index (χ0n) is 17.2. The molecule has 2 heterocycles. The molecule has 7 nitrogen and oxygen atoms in total. The summed E-state index contributed by atoms with van der Waals surface area (Å²) in [5.74, 6) is 0.967. The van der Waals surface area contributed by atoms with Crippen molar-refractivity contribution in [2.24, 2.45) is 0 Å². The Morgan fingerprint density at radius 1 is 1.14 bits per heavy atom. The number of carbonyl (C=O) groups excluding carboxylic acids is 2. The Morgan fingerprint density at radius 3 is 2.45 bits per heavy atom. The number of carbonyl (C=O) groups is 2. The maximum atomic E-state index is 13.1. The smallest absolute Gasteiger partial charge is 0.264 e. The van der Waals surface area contributed by atoms with Crippen molar-refractivity contribution in [3.05, 3.63) is 46.2 Å². The Balaban J connectivity index is 1.78. The summed E-state index contributed by atoms with van der Waals surface area (Å²) in [5.41, 5.74) is 2.38. The maximum Gasteiger partial charge on any atom is 0.264 e. The Hall–Kier alpha value is -3.00. The van der Waals surface area contributed by atoms with E-state index >= 15 is 0 Å². The molecule has 1 aromatic carbocycles. The summed E-state index contributed by atoms with van der Waals surface area (Å²) >= 11 is 1.35. The molecule has 152 valence electrons. The van der Waals surface area contributed by atoms with Crippen molar-refractivity contribution in [1.29, 1.82) is 0 Å². The highest BCUT2D eigenvalue weighted by Gasteiger charge is 2.24. The van der Waals surface area contributed by atoms with Gasteiger partial charge in [0.1, 0.15) is 22.9 Å². The van der Waals surface area contributed by atoms with Crippen LogP contribution >= 0.6 is 11.3 Å². The van der Waals surface area contributed by atoms with E-state index in [-0.39, 0.29) is 18.4 Å². The van der Waals surface area contributed by atoms with Crippen molar-refractivity contribution in [3.63, 3.8) is 0 Å². The van der Waals surface area contributed by atoms with E-state index in [2.05, 4.69) is 15.3 Å². The van der Waals surface area contributed by atoms with Gasteiger partial charge in [-0.1, -0.05) is 0 Å². The molecule has 0 bridgehead atoms. The van der Waals surface area contributed by atoms with E-state index in [1.807, 2.05) is 27.7 Å². The van der Waals surface area contributed by atoms with Gasteiger partial charge in [0, 0.05) is 23.3 Å². The minimum atomic E-state index is -0.254. The first kappa shape index (κ1) is 20.7. The Morgan fingerprint density at radius 2 is 1.83 bits per heavy atom. The average molecular weight is 413 g/mol. The molecule has 29 heavy (non-hydrogen) atoms. The lowest BCUT2D eigenvalue weighted by Gasteiger charge is -2.20. The second kappa shape index (κ2) is 8.57. The summed E-state index contributed by atoms with van der Waals surface area (Å²) in [4.78, 5) is 37.4. The Labute approximate surface area is 173 Å². The van der Waals surface area contributed by atoms with E-state index in [4.69, 9.17) is 4.74 Å². The minimum Gasteiger partial charge on any atom is -0.497 e. The number of aromatic nitrogens is 2. The molecule has 0 saturated carbocycles. The maximum absolute atomic E-state index is 13.1. The highest BCUT2D eigenvalue weighted by atomic mass is 32.1. The molecular formula is C21H24N4O3S. The van der Waals surface area contributed by atoms with Crippen LogP contribution in [-0.2, 0) is 4.79 Å². The highest BCUT2D eigenvalue weighted by Crippen LogP contribution is 2.32. The fraction of sp³-hybridized carbons (Fsp3) is 0.333. The highest BCUT2D eigenvalue weighted by molar-refractivity contribution is 7.20. The number of fused-ring (bicyclic) bond motifs is 1. The lowest BCUT2D eigenvalue weighted by atomic mass is 10.1. The minimum absolute atomic E-state index is 0.0290. The quantitative estimate of drug-likeness (QED) is 0.667. The number of aryl methyl sites for hydroxylation is 3. The van der Waals surface area contributed by atoms with E-state index in [9.17, 15) is 9.59 Å². The average Bonchev–Trinajstić information content (AvgIpc) is 3.02. The number of ether oxygens (including phenoxy) is 1. The molecule has 0 aliphatic carbocycles. The number of benzene rings is 1. The van der Waals surface area contributed by atoms with Crippen LogP contribution in [0.4, 0.5) is 5.69 Å². The van der Waals surface area contributed by atoms with Gasteiger partial charge >= 0.3 is 0 Å². The van der Waals surface area contributed by atoms with Crippen molar-refractivity contribution >= 4 is 39.1 Å². The van der Waals surface area contributed by atoms with Crippen LogP contribution in [0.2, 0.25) is 0 Å². The van der Waals surface area contributed by atoms with Crippen LogP contribution in [0, 0.1) is 20.8 Å². The van der Waals surface area contributed by atoms with Crippen LogP contribution < -0.4 is 10.1 Å². The number of hydrogen-bond donors (Lipinski definition) is 1. The summed E-state index contributed by atoms with van der Waals surface area (Å²) in [5, 5.41) is 3.73. The third-order valence-corrected chi connectivity index (χ3v) is 5.83. The molecule has 0 radical (unpaired) electrons. The van der Waals surface area contributed by atoms with Gasteiger partial charge in [-0.3, -0.25) is 9.59 Å². The van der Waals surface area contributed by atoms with Gasteiger partial charge in [-0.15, -0.1) is 11.3 Å². The van der Waals surface area contributed by atoms with E-state index in [0.717, 1.165) is 21.5 Å². The van der Waals surface area contributed by atoms with Gasteiger partial charge in [0.25, 0.3) is 5.91 Å². The number of nitrogens with zero attached hydrogens (tertiary/aromatic N) is 3. The molecule has 2 aromatic heterocycles. The summed E-state index contributed by atoms with van der Waals surface area (Å²) in [6, 6.07) is 7.05. The fourth-order valence-electron chi connectivity index (χ4n) is 3.20. The van der Waals surface area contributed by atoms with Gasteiger partial charge in [0.2, 0.25) is 5.91 Å². The summed E-state index contributed by atoms with van der Waals surface area (Å²) in [7, 11) is 1.59. The van der Waals surface area contributed by atoms with Crippen molar-refractivity contribution in [2.75, 3.05) is 25.5 Å². The number of amides is 2. The third-order valence-electron chi connectivity index (χ3n) is 4.65. The van der Waals surface area contributed by atoms with Gasteiger partial charge in [0.15, 0.2) is 0 Å². The van der Waals surface area contributed by atoms with Crippen LogP contribution in [0.1, 0.15) is 33.7 Å². The van der Waals surface area contributed by atoms with E-state index in [1.54, 1.807) is 31.4 Å².